The molecule has 0 spiro atoms. The number of hydrogen-bond donors (Lipinski definition) is 3. The van der Waals surface area contributed by atoms with E-state index in [-0.39, 0.29) is 17.5 Å². The summed E-state index contributed by atoms with van der Waals surface area (Å²) < 4.78 is 15.7. The molecule has 0 aromatic rings. The smallest absolute Gasteiger partial charge is 0.376 e. The molecule has 1 fully saturated rings. The minimum absolute atomic E-state index is 0.185. The Morgan fingerprint density at radius 3 is 1.65 bits per heavy atom. The molecule has 1 heterocycles. The SMILES string of the molecule is CCCC(N)C1(C(N)CC)CNC1.CCO[SiH](OCC)OCC. The summed E-state index contributed by atoms with van der Waals surface area (Å²) in [5.74, 6) is 0. The van der Waals surface area contributed by atoms with Gasteiger partial charge in [-0.15, -0.1) is 0 Å². The zero-order valence-electron chi connectivity index (χ0n) is 15.8. The summed E-state index contributed by atoms with van der Waals surface area (Å²) in [6.45, 7) is 14.2. The van der Waals surface area contributed by atoms with Gasteiger partial charge in [0.25, 0.3) is 0 Å². The Hall–Kier alpha value is -0.0231. The predicted octanol–water partition coefficient (Wildman–Crippen LogP) is 1.25. The van der Waals surface area contributed by atoms with Crippen molar-refractivity contribution in [2.45, 2.75) is 66.0 Å². The number of hydrogen-bond acceptors (Lipinski definition) is 6. The van der Waals surface area contributed by atoms with Crippen molar-refractivity contribution in [3.63, 3.8) is 0 Å². The maximum Gasteiger partial charge on any atom is 0.484 e. The molecule has 7 heteroatoms. The van der Waals surface area contributed by atoms with Gasteiger partial charge in [-0.1, -0.05) is 20.3 Å². The van der Waals surface area contributed by atoms with Crippen molar-refractivity contribution >= 4 is 9.53 Å². The first-order chi connectivity index (χ1) is 11.0. The lowest BCUT2D eigenvalue weighted by molar-refractivity contribution is 0.0818. The van der Waals surface area contributed by atoms with Crippen LogP contribution in [0.15, 0.2) is 0 Å². The molecule has 1 saturated heterocycles. The van der Waals surface area contributed by atoms with Gasteiger partial charge in [-0.2, -0.15) is 0 Å². The van der Waals surface area contributed by atoms with Crippen LogP contribution in [0.2, 0.25) is 0 Å². The summed E-state index contributed by atoms with van der Waals surface area (Å²) in [5.41, 5.74) is 12.5. The van der Waals surface area contributed by atoms with E-state index in [1.54, 1.807) is 0 Å². The highest BCUT2D eigenvalue weighted by molar-refractivity contribution is 6.36. The van der Waals surface area contributed by atoms with E-state index >= 15 is 0 Å². The van der Waals surface area contributed by atoms with E-state index < -0.39 is 9.53 Å². The largest absolute Gasteiger partial charge is 0.484 e. The molecule has 0 aromatic heterocycles. The molecule has 23 heavy (non-hydrogen) atoms. The fraction of sp³-hybridized carbons (Fsp3) is 1.00. The fourth-order valence-electron chi connectivity index (χ4n) is 2.77. The standard InChI is InChI=1S/C10H23N3.C6H16O3Si/c1-3-5-9(12)10(6-13-7-10)8(11)4-2;1-4-7-10(8-5-2)9-6-3/h8-9,13H,3-7,11-12H2,1-2H3;10H,4-6H2,1-3H3. The summed E-state index contributed by atoms with van der Waals surface area (Å²) in [5, 5.41) is 3.30. The fourth-order valence-corrected chi connectivity index (χ4v) is 3.88. The third kappa shape index (κ3) is 7.60. The van der Waals surface area contributed by atoms with E-state index in [1.807, 2.05) is 20.8 Å². The molecule has 140 valence electrons. The van der Waals surface area contributed by atoms with Gasteiger partial charge in [0.2, 0.25) is 0 Å². The zero-order valence-corrected chi connectivity index (χ0v) is 16.9. The Balaban J connectivity index is 0.000000438. The average Bonchev–Trinajstić information content (AvgIpc) is 2.47. The maximum absolute atomic E-state index is 6.18. The molecule has 6 nitrogen and oxygen atoms in total. The quantitative estimate of drug-likeness (QED) is 0.486. The van der Waals surface area contributed by atoms with Gasteiger partial charge in [0.05, 0.1) is 0 Å². The Morgan fingerprint density at radius 2 is 1.39 bits per heavy atom. The Labute approximate surface area is 144 Å². The van der Waals surface area contributed by atoms with Crippen molar-refractivity contribution < 1.29 is 13.3 Å². The van der Waals surface area contributed by atoms with Gasteiger partial charge >= 0.3 is 9.53 Å². The highest BCUT2D eigenvalue weighted by Crippen LogP contribution is 2.32. The summed E-state index contributed by atoms with van der Waals surface area (Å²) in [6, 6.07) is 0.531. The van der Waals surface area contributed by atoms with Crippen molar-refractivity contribution in [2.75, 3.05) is 32.9 Å². The molecule has 2 unspecified atom stereocenters. The highest BCUT2D eigenvalue weighted by atomic mass is 28.3. The monoisotopic (exact) mass is 349 g/mol. The molecule has 0 amide bonds. The third-order valence-electron chi connectivity index (χ3n) is 4.33. The number of nitrogens with one attached hydrogen (secondary N) is 1. The van der Waals surface area contributed by atoms with Crippen LogP contribution in [0.1, 0.15) is 53.9 Å². The van der Waals surface area contributed by atoms with Gasteiger partial charge in [-0.05, 0) is 33.6 Å². The first-order valence-electron chi connectivity index (χ1n) is 9.08. The molecule has 2 atom stereocenters. The molecule has 1 rings (SSSR count). The van der Waals surface area contributed by atoms with E-state index in [0.29, 0.717) is 19.8 Å². The van der Waals surface area contributed by atoms with Crippen LogP contribution in [0, 0.1) is 5.41 Å². The van der Waals surface area contributed by atoms with Crippen molar-refractivity contribution in [1.82, 2.24) is 5.32 Å². The second-order valence-corrected chi connectivity index (χ2v) is 7.48. The highest BCUT2D eigenvalue weighted by Gasteiger charge is 2.45. The molecular weight excluding hydrogens is 310 g/mol. The Morgan fingerprint density at radius 1 is 0.913 bits per heavy atom. The molecular formula is C16H39N3O3Si. The molecule has 0 aliphatic carbocycles. The zero-order chi connectivity index (χ0) is 17.7. The van der Waals surface area contributed by atoms with Gasteiger partial charge in [-0.25, -0.2) is 0 Å². The molecule has 1 aliphatic rings. The van der Waals surface area contributed by atoms with Crippen molar-refractivity contribution in [3.05, 3.63) is 0 Å². The molecule has 0 aromatic carbocycles. The first kappa shape index (κ1) is 23.0. The van der Waals surface area contributed by atoms with Gasteiger partial charge in [-0.3, -0.25) is 0 Å². The molecule has 0 bridgehead atoms. The lowest BCUT2D eigenvalue weighted by Crippen LogP contribution is -2.69. The Kier molecular flexibility index (Phi) is 13.3. The van der Waals surface area contributed by atoms with Crippen LogP contribution >= 0.6 is 0 Å². The molecule has 0 saturated carbocycles. The summed E-state index contributed by atoms with van der Waals surface area (Å²) >= 11 is 0. The van der Waals surface area contributed by atoms with Gasteiger partial charge in [0, 0.05) is 50.4 Å². The van der Waals surface area contributed by atoms with Crippen LogP contribution < -0.4 is 16.8 Å². The average molecular weight is 350 g/mol. The lowest BCUT2D eigenvalue weighted by atomic mass is 9.67. The van der Waals surface area contributed by atoms with Gasteiger partial charge in [0.1, 0.15) is 0 Å². The van der Waals surface area contributed by atoms with Crippen molar-refractivity contribution in [1.29, 1.82) is 0 Å². The van der Waals surface area contributed by atoms with Gasteiger partial charge in [0.15, 0.2) is 0 Å². The molecule has 5 N–H and O–H groups in total. The van der Waals surface area contributed by atoms with Crippen molar-refractivity contribution in [2.24, 2.45) is 16.9 Å². The third-order valence-corrected chi connectivity index (χ3v) is 6.15. The summed E-state index contributed by atoms with van der Waals surface area (Å²) in [6.07, 6.45) is 3.27. The Bertz CT molecular complexity index is 267. The van der Waals surface area contributed by atoms with Crippen LogP contribution in [-0.2, 0) is 13.3 Å². The predicted molar refractivity (Wildman–Crippen MR) is 98.5 cm³/mol. The number of rotatable bonds is 11. The van der Waals surface area contributed by atoms with Crippen molar-refractivity contribution in [3.8, 4) is 0 Å². The topological polar surface area (TPSA) is 91.8 Å². The molecule has 1 aliphatic heterocycles. The van der Waals surface area contributed by atoms with Crippen LogP contribution in [0.4, 0.5) is 0 Å². The lowest BCUT2D eigenvalue weighted by Gasteiger charge is -2.50. The minimum Gasteiger partial charge on any atom is -0.376 e. The van der Waals surface area contributed by atoms with Crippen LogP contribution in [0.25, 0.3) is 0 Å². The van der Waals surface area contributed by atoms with E-state index in [1.165, 1.54) is 0 Å². The normalized spacial score (nSPS) is 18.8. The molecule has 0 radical (unpaired) electrons. The number of nitrogens with two attached hydrogens (primary N) is 2. The van der Waals surface area contributed by atoms with Gasteiger partial charge < -0.3 is 30.1 Å². The maximum atomic E-state index is 6.18. The van der Waals surface area contributed by atoms with E-state index in [4.69, 9.17) is 24.7 Å². The van der Waals surface area contributed by atoms with E-state index in [0.717, 1.165) is 32.4 Å². The minimum atomic E-state index is -1.73. The first-order valence-corrected chi connectivity index (χ1v) is 10.5. The second kappa shape index (κ2) is 13.3. The second-order valence-electron chi connectivity index (χ2n) is 5.90. The van der Waals surface area contributed by atoms with Crippen LogP contribution in [-0.4, -0.2) is 54.5 Å². The van der Waals surface area contributed by atoms with Crippen LogP contribution in [0.5, 0.6) is 0 Å². The summed E-state index contributed by atoms with van der Waals surface area (Å²) in [7, 11) is -1.73. The van der Waals surface area contributed by atoms with E-state index in [9.17, 15) is 0 Å². The summed E-state index contributed by atoms with van der Waals surface area (Å²) in [4.78, 5) is 0. The van der Waals surface area contributed by atoms with E-state index in [2.05, 4.69) is 19.2 Å². The van der Waals surface area contributed by atoms with Crippen LogP contribution in [0.3, 0.4) is 0 Å².